The molecule has 0 spiro atoms. The van der Waals surface area contributed by atoms with Crippen LogP contribution in [0, 0.1) is 5.41 Å². The minimum atomic E-state index is 0.214. The Labute approximate surface area is 86.4 Å². The van der Waals surface area contributed by atoms with Crippen molar-refractivity contribution in [3.63, 3.8) is 0 Å². The first-order valence-corrected chi connectivity index (χ1v) is 4.33. The number of hydrogen-bond acceptors (Lipinski definition) is 3. The zero-order chi connectivity index (χ0) is 10.7. The number of hydrogen-bond donors (Lipinski definition) is 2. The van der Waals surface area contributed by atoms with E-state index < -0.39 is 0 Å². The Morgan fingerprint density at radius 3 is 2.60 bits per heavy atom. The van der Waals surface area contributed by atoms with Crippen molar-refractivity contribution < 1.29 is 0 Å². The van der Waals surface area contributed by atoms with Gasteiger partial charge < -0.3 is 0 Å². The third kappa shape index (κ3) is 1.96. The average Bonchev–Trinajstić information content (AvgIpc) is 2.88. The van der Waals surface area contributed by atoms with Gasteiger partial charge in [-0.2, -0.15) is 0 Å². The van der Waals surface area contributed by atoms with Gasteiger partial charge in [-0.15, -0.1) is 0 Å². The van der Waals surface area contributed by atoms with Crippen molar-refractivity contribution in [1.29, 1.82) is 5.41 Å². The molecular weight excluding hydrogens is 194 g/mol. The topological polar surface area (TPSA) is 74.8 Å². The molecule has 78 valence electrons. The van der Waals surface area contributed by atoms with E-state index in [1.165, 1.54) is 0 Å². The van der Waals surface area contributed by atoms with Gasteiger partial charge in [-0.25, -0.2) is 19.3 Å². The third-order valence-corrected chi connectivity index (χ3v) is 1.90. The van der Waals surface area contributed by atoms with Crippen molar-refractivity contribution in [2.24, 2.45) is 0 Å². The predicted molar refractivity (Wildman–Crippen MR) is 55.7 cm³/mol. The van der Waals surface area contributed by atoms with Crippen LogP contribution < -0.4 is 10.4 Å². The molecule has 2 aromatic heterocycles. The molecule has 0 fully saturated rings. The van der Waals surface area contributed by atoms with Gasteiger partial charge in [-0.05, 0) is 0 Å². The highest BCUT2D eigenvalue weighted by Crippen LogP contribution is 1.89. The molecule has 2 N–H and O–H groups in total. The lowest BCUT2D eigenvalue weighted by atomic mass is 10.8. The summed E-state index contributed by atoms with van der Waals surface area (Å²) in [5.41, 5.74) is 2.82. The highest BCUT2D eigenvalue weighted by atomic mass is 15.6. The van der Waals surface area contributed by atoms with Crippen molar-refractivity contribution in [2.75, 3.05) is 17.5 Å². The maximum absolute atomic E-state index is 7.76. The number of imidazole rings is 2. The summed E-state index contributed by atoms with van der Waals surface area (Å²) in [5.74, 6) is 0.214. The fourth-order valence-electron chi connectivity index (χ4n) is 1.06. The Hall–Kier alpha value is -2.31. The molecule has 0 saturated carbocycles. The van der Waals surface area contributed by atoms with Gasteiger partial charge in [0.1, 0.15) is 12.7 Å². The van der Waals surface area contributed by atoms with Gasteiger partial charge in [0.15, 0.2) is 0 Å². The second kappa shape index (κ2) is 3.82. The van der Waals surface area contributed by atoms with Gasteiger partial charge in [-0.1, -0.05) is 0 Å². The van der Waals surface area contributed by atoms with E-state index in [0.717, 1.165) is 0 Å². The number of nitrogens with one attached hydrogen (secondary N) is 2. The molecule has 0 bridgehead atoms. The summed E-state index contributed by atoms with van der Waals surface area (Å²) in [6.45, 7) is 0. The van der Waals surface area contributed by atoms with Gasteiger partial charge in [0, 0.05) is 31.8 Å². The Morgan fingerprint density at radius 1 is 1.27 bits per heavy atom. The van der Waals surface area contributed by atoms with Gasteiger partial charge in [0.05, 0.1) is 0 Å². The number of rotatable bonds is 2. The average molecular weight is 205 g/mol. The van der Waals surface area contributed by atoms with Crippen LogP contribution in [0.2, 0.25) is 0 Å². The van der Waals surface area contributed by atoms with E-state index in [9.17, 15) is 0 Å². The molecule has 0 aliphatic rings. The maximum Gasteiger partial charge on any atom is 0.229 e. The lowest BCUT2D eigenvalue weighted by molar-refractivity contribution is 0.776. The van der Waals surface area contributed by atoms with Crippen molar-refractivity contribution in [2.45, 2.75) is 0 Å². The van der Waals surface area contributed by atoms with E-state index in [1.807, 2.05) is 0 Å². The van der Waals surface area contributed by atoms with Gasteiger partial charge in [0.2, 0.25) is 5.96 Å². The van der Waals surface area contributed by atoms with Crippen molar-refractivity contribution >= 4 is 5.96 Å². The normalized spacial score (nSPS) is 9.93. The largest absolute Gasteiger partial charge is 0.266 e. The second-order valence-corrected chi connectivity index (χ2v) is 2.90. The molecule has 0 aliphatic carbocycles. The van der Waals surface area contributed by atoms with Crippen LogP contribution in [0.5, 0.6) is 0 Å². The lowest BCUT2D eigenvalue weighted by Crippen LogP contribution is -2.42. The van der Waals surface area contributed by atoms with Crippen molar-refractivity contribution in [1.82, 2.24) is 19.3 Å². The lowest BCUT2D eigenvalue weighted by Gasteiger charge is -2.21. The molecule has 7 nitrogen and oxygen atoms in total. The summed E-state index contributed by atoms with van der Waals surface area (Å²) in [4.78, 5) is 7.76. The Morgan fingerprint density at radius 2 is 2.00 bits per heavy atom. The molecule has 0 unspecified atom stereocenters. The molecule has 0 atom stereocenters. The van der Waals surface area contributed by atoms with Gasteiger partial charge in [0.25, 0.3) is 0 Å². The van der Waals surface area contributed by atoms with Gasteiger partial charge in [-0.3, -0.25) is 15.8 Å². The maximum atomic E-state index is 7.76. The minimum Gasteiger partial charge on any atom is -0.266 e. The number of nitrogens with zero attached hydrogens (tertiary/aromatic N) is 5. The molecular formula is C8H11N7. The molecule has 2 rings (SSSR count). The van der Waals surface area contributed by atoms with E-state index >= 15 is 0 Å². The summed E-state index contributed by atoms with van der Waals surface area (Å²) in [5, 5.41) is 9.37. The first-order chi connectivity index (χ1) is 7.27. The summed E-state index contributed by atoms with van der Waals surface area (Å²) in [6.07, 6.45) is 9.96. The smallest absolute Gasteiger partial charge is 0.229 e. The minimum absolute atomic E-state index is 0.214. The summed E-state index contributed by atoms with van der Waals surface area (Å²) in [7, 11) is 1.76. The Kier molecular flexibility index (Phi) is 2.36. The molecule has 7 heteroatoms. The fourth-order valence-corrected chi connectivity index (χ4v) is 1.06. The van der Waals surface area contributed by atoms with Crippen LogP contribution in [0.25, 0.3) is 0 Å². The molecule has 0 saturated heterocycles. The SMILES string of the molecule is CN(C(=N)Nn1ccnc1)n1ccnc1. The quantitative estimate of drug-likeness (QED) is 0.527. The van der Waals surface area contributed by atoms with Crippen LogP contribution in [0.15, 0.2) is 37.4 Å². The van der Waals surface area contributed by atoms with Crippen LogP contribution >= 0.6 is 0 Å². The molecule has 2 heterocycles. The summed E-state index contributed by atoms with van der Waals surface area (Å²) >= 11 is 0. The molecule has 0 amide bonds. The van der Waals surface area contributed by atoms with Crippen LogP contribution in [0.3, 0.4) is 0 Å². The van der Waals surface area contributed by atoms with Crippen molar-refractivity contribution in [3.8, 4) is 0 Å². The monoisotopic (exact) mass is 205 g/mol. The first kappa shape index (κ1) is 9.25. The number of aromatic nitrogens is 4. The fraction of sp³-hybridized carbons (Fsp3) is 0.125. The first-order valence-electron chi connectivity index (χ1n) is 4.33. The van der Waals surface area contributed by atoms with E-state index in [-0.39, 0.29) is 5.96 Å². The highest BCUT2D eigenvalue weighted by molar-refractivity contribution is 5.92. The standard InChI is InChI=1S/C8H11N7/c1-13(15-5-3-11-7-15)8(9)12-14-4-2-10-6-14/h2-7H,1H3,(H2,9,12). The zero-order valence-electron chi connectivity index (χ0n) is 8.20. The Balaban J connectivity index is 2.03. The predicted octanol–water partition coefficient (Wildman–Crippen LogP) is -0.174. The van der Waals surface area contributed by atoms with E-state index in [2.05, 4.69) is 15.4 Å². The van der Waals surface area contributed by atoms with Crippen LogP contribution in [0.4, 0.5) is 0 Å². The molecule has 15 heavy (non-hydrogen) atoms. The number of guanidine groups is 1. The third-order valence-electron chi connectivity index (χ3n) is 1.90. The second-order valence-electron chi connectivity index (χ2n) is 2.90. The van der Waals surface area contributed by atoms with Crippen LogP contribution in [-0.2, 0) is 0 Å². The van der Waals surface area contributed by atoms with Crippen LogP contribution in [-0.4, -0.2) is 32.3 Å². The zero-order valence-corrected chi connectivity index (χ0v) is 8.20. The van der Waals surface area contributed by atoms with E-state index in [0.29, 0.717) is 0 Å². The van der Waals surface area contributed by atoms with E-state index in [1.54, 1.807) is 58.9 Å². The van der Waals surface area contributed by atoms with E-state index in [4.69, 9.17) is 5.41 Å². The van der Waals surface area contributed by atoms with Gasteiger partial charge >= 0.3 is 0 Å². The molecule has 0 aromatic carbocycles. The van der Waals surface area contributed by atoms with Crippen molar-refractivity contribution in [3.05, 3.63) is 37.4 Å². The molecule has 2 aromatic rings. The summed E-state index contributed by atoms with van der Waals surface area (Å²) < 4.78 is 3.28. The Bertz CT molecular complexity index is 416. The van der Waals surface area contributed by atoms with Crippen LogP contribution in [0.1, 0.15) is 0 Å². The summed E-state index contributed by atoms with van der Waals surface area (Å²) in [6, 6.07) is 0. The highest BCUT2D eigenvalue weighted by Gasteiger charge is 2.04. The molecule has 0 aliphatic heterocycles. The molecule has 0 radical (unpaired) electrons.